The van der Waals surface area contributed by atoms with E-state index in [-0.39, 0.29) is 5.56 Å². The van der Waals surface area contributed by atoms with Crippen LogP contribution >= 0.6 is 0 Å². The molecule has 0 radical (unpaired) electrons. The Hall–Kier alpha value is -3.18. The molecule has 0 amide bonds. The predicted octanol–water partition coefficient (Wildman–Crippen LogP) is 2.90. The molecular weight excluding hydrogens is 407 g/mol. The maximum atomic E-state index is 13.6. The van der Waals surface area contributed by atoms with Gasteiger partial charge in [-0.3, -0.25) is 14.3 Å². The Balaban J connectivity index is 2.20. The van der Waals surface area contributed by atoms with Gasteiger partial charge in [0.2, 0.25) is 0 Å². The lowest BCUT2D eigenvalue weighted by atomic mass is 10.2. The molecule has 2 rings (SSSR count). The van der Waals surface area contributed by atoms with Gasteiger partial charge in [0, 0.05) is 18.7 Å². The highest BCUT2D eigenvalue weighted by molar-refractivity contribution is 7.87. The smallest absolute Gasteiger partial charge is 0.338 e. The summed E-state index contributed by atoms with van der Waals surface area (Å²) in [5.74, 6) is -0.785. The van der Waals surface area contributed by atoms with Gasteiger partial charge in [0.1, 0.15) is 18.9 Å². The van der Waals surface area contributed by atoms with Gasteiger partial charge in [0.15, 0.2) is 4.90 Å². The van der Waals surface area contributed by atoms with Crippen molar-refractivity contribution in [3.63, 3.8) is 0 Å². The average molecular weight is 424 g/mol. The standard InChI is InChI=1S/C18H17FN2O7S/c19-14(11-20)10-15(12-27-18(22)13-6-2-1-3-7-13)28-29(25,26)17-9-5-4-8-16(17)21(23)24/h1-9,11,14-15,20H,10,12H2/t14-,15-/m0/s1. The zero-order chi connectivity index (χ0) is 21.4. The number of carbonyl (C=O) groups is 1. The Morgan fingerprint density at radius 1 is 1.17 bits per heavy atom. The second kappa shape index (κ2) is 9.85. The second-order valence-electron chi connectivity index (χ2n) is 5.78. The Morgan fingerprint density at radius 2 is 1.79 bits per heavy atom. The van der Waals surface area contributed by atoms with Gasteiger partial charge in [-0.1, -0.05) is 30.3 Å². The quantitative estimate of drug-likeness (QED) is 0.203. The van der Waals surface area contributed by atoms with Gasteiger partial charge in [-0.2, -0.15) is 8.42 Å². The fourth-order valence-corrected chi connectivity index (χ4v) is 3.57. The highest BCUT2D eigenvalue weighted by Gasteiger charge is 2.31. The van der Waals surface area contributed by atoms with E-state index in [0.29, 0.717) is 6.21 Å². The number of esters is 1. The zero-order valence-electron chi connectivity index (χ0n) is 14.9. The summed E-state index contributed by atoms with van der Waals surface area (Å²) in [6.07, 6.45) is -3.53. The molecule has 0 unspecified atom stereocenters. The molecule has 2 aromatic carbocycles. The lowest BCUT2D eigenvalue weighted by Crippen LogP contribution is -2.29. The summed E-state index contributed by atoms with van der Waals surface area (Å²) in [4.78, 5) is 21.5. The van der Waals surface area contributed by atoms with Gasteiger partial charge in [-0.05, 0) is 18.2 Å². The van der Waals surface area contributed by atoms with Crippen LogP contribution in [0, 0.1) is 15.5 Å². The first-order valence-corrected chi connectivity index (χ1v) is 9.69. The van der Waals surface area contributed by atoms with E-state index in [1.54, 1.807) is 18.2 Å². The maximum absolute atomic E-state index is 13.6. The van der Waals surface area contributed by atoms with Crippen LogP contribution in [0.3, 0.4) is 0 Å². The topological polar surface area (TPSA) is 137 Å². The van der Waals surface area contributed by atoms with Crippen LogP contribution in [0.1, 0.15) is 16.8 Å². The van der Waals surface area contributed by atoms with Crippen LogP contribution in [0.2, 0.25) is 0 Å². The molecule has 2 aromatic rings. The molecule has 0 aromatic heterocycles. The third-order valence-corrected chi connectivity index (χ3v) is 5.08. The van der Waals surface area contributed by atoms with Crippen molar-refractivity contribution in [3.8, 4) is 0 Å². The van der Waals surface area contributed by atoms with E-state index in [2.05, 4.69) is 0 Å². The molecule has 0 fully saturated rings. The van der Waals surface area contributed by atoms with Crippen LogP contribution < -0.4 is 0 Å². The van der Waals surface area contributed by atoms with Crippen molar-refractivity contribution in [1.29, 1.82) is 5.41 Å². The highest BCUT2D eigenvalue weighted by atomic mass is 32.2. The summed E-state index contributed by atoms with van der Waals surface area (Å²) in [7, 11) is -4.68. The third-order valence-electron chi connectivity index (χ3n) is 3.67. The number of nitro benzene ring substituents is 1. The molecule has 154 valence electrons. The first kappa shape index (κ1) is 22.1. The SMILES string of the molecule is N=C[C@@H](F)C[C@@H](COC(=O)c1ccccc1)OS(=O)(=O)c1ccccc1[N+](=O)[O-]. The molecule has 0 spiro atoms. The van der Waals surface area contributed by atoms with Crippen LogP contribution in [-0.4, -0.2) is 44.4 Å². The Morgan fingerprint density at radius 3 is 2.41 bits per heavy atom. The average Bonchev–Trinajstić information content (AvgIpc) is 2.72. The van der Waals surface area contributed by atoms with Crippen molar-refractivity contribution in [2.45, 2.75) is 23.6 Å². The summed E-state index contributed by atoms with van der Waals surface area (Å²) < 4.78 is 48.6. The molecular formula is C18H17FN2O7S. The van der Waals surface area contributed by atoms with E-state index in [0.717, 1.165) is 12.1 Å². The number of nitrogens with one attached hydrogen (secondary N) is 1. The molecule has 0 bridgehead atoms. The van der Waals surface area contributed by atoms with Crippen molar-refractivity contribution < 1.29 is 31.4 Å². The monoisotopic (exact) mass is 424 g/mol. The Labute approximate surface area is 165 Å². The van der Waals surface area contributed by atoms with E-state index in [1.807, 2.05) is 0 Å². The molecule has 1 N–H and O–H groups in total. The first-order chi connectivity index (χ1) is 13.7. The van der Waals surface area contributed by atoms with Gasteiger partial charge in [0.05, 0.1) is 10.5 Å². The number of halogens is 1. The number of rotatable bonds is 10. The minimum atomic E-state index is -4.68. The van der Waals surface area contributed by atoms with E-state index in [4.69, 9.17) is 14.3 Å². The molecule has 0 aliphatic heterocycles. The van der Waals surface area contributed by atoms with E-state index >= 15 is 0 Å². The van der Waals surface area contributed by atoms with E-state index in [1.165, 1.54) is 24.3 Å². The molecule has 0 saturated heterocycles. The number of hydrogen-bond acceptors (Lipinski definition) is 8. The summed E-state index contributed by atoms with van der Waals surface area (Å²) in [6, 6.07) is 12.3. The Bertz CT molecular complexity index is 983. The van der Waals surface area contributed by atoms with Crippen molar-refractivity contribution in [1.82, 2.24) is 0 Å². The fraction of sp³-hybridized carbons (Fsp3) is 0.222. The number of nitro groups is 1. The molecule has 29 heavy (non-hydrogen) atoms. The van der Waals surface area contributed by atoms with E-state index < -0.39 is 56.9 Å². The normalized spacial score (nSPS) is 13.3. The fourth-order valence-electron chi connectivity index (χ4n) is 2.33. The Kier molecular flexibility index (Phi) is 7.51. The van der Waals surface area contributed by atoms with Crippen LogP contribution in [0.25, 0.3) is 0 Å². The van der Waals surface area contributed by atoms with Gasteiger partial charge >= 0.3 is 16.1 Å². The molecule has 0 aliphatic carbocycles. The molecule has 0 heterocycles. The number of hydrogen-bond donors (Lipinski definition) is 1. The number of para-hydroxylation sites is 1. The van der Waals surface area contributed by atoms with Crippen molar-refractivity contribution in [2.75, 3.05) is 6.61 Å². The van der Waals surface area contributed by atoms with Crippen molar-refractivity contribution in [3.05, 3.63) is 70.3 Å². The van der Waals surface area contributed by atoms with Gasteiger partial charge < -0.3 is 10.1 Å². The molecule has 2 atom stereocenters. The largest absolute Gasteiger partial charge is 0.459 e. The van der Waals surface area contributed by atoms with Gasteiger partial charge in [-0.25, -0.2) is 9.18 Å². The van der Waals surface area contributed by atoms with Crippen molar-refractivity contribution >= 4 is 28.0 Å². The van der Waals surface area contributed by atoms with Crippen LogP contribution in [0.4, 0.5) is 10.1 Å². The molecule has 11 heteroatoms. The van der Waals surface area contributed by atoms with Gasteiger partial charge in [0.25, 0.3) is 5.69 Å². The summed E-state index contributed by atoms with van der Waals surface area (Å²) in [5.41, 5.74) is -0.520. The highest BCUT2D eigenvalue weighted by Crippen LogP contribution is 2.26. The lowest BCUT2D eigenvalue weighted by molar-refractivity contribution is -0.387. The number of alkyl halides is 1. The summed E-state index contributed by atoms with van der Waals surface area (Å²) in [5, 5.41) is 18.0. The number of carbonyl (C=O) groups excluding carboxylic acids is 1. The minimum absolute atomic E-state index is 0.191. The summed E-state index contributed by atoms with van der Waals surface area (Å²) >= 11 is 0. The van der Waals surface area contributed by atoms with Crippen LogP contribution in [0.15, 0.2) is 59.5 Å². The second-order valence-corrected chi connectivity index (χ2v) is 7.32. The van der Waals surface area contributed by atoms with Crippen LogP contribution in [-0.2, 0) is 19.0 Å². The molecule has 0 aliphatic rings. The molecule has 9 nitrogen and oxygen atoms in total. The zero-order valence-corrected chi connectivity index (χ0v) is 15.8. The van der Waals surface area contributed by atoms with E-state index in [9.17, 15) is 27.7 Å². The summed E-state index contributed by atoms with van der Waals surface area (Å²) in [6.45, 7) is -0.637. The first-order valence-electron chi connectivity index (χ1n) is 8.28. The minimum Gasteiger partial charge on any atom is -0.459 e. The molecule has 0 saturated carbocycles. The third kappa shape index (κ3) is 6.16. The van der Waals surface area contributed by atoms with Crippen molar-refractivity contribution in [2.24, 2.45) is 0 Å². The maximum Gasteiger partial charge on any atom is 0.338 e. The lowest BCUT2D eigenvalue weighted by Gasteiger charge is -2.18. The van der Waals surface area contributed by atoms with Gasteiger partial charge in [-0.15, -0.1) is 0 Å². The number of ether oxygens (including phenoxy) is 1. The van der Waals surface area contributed by atoms with Crippen LogP contribution in [0.5, 0.6) is 0 Å². The number of benzene rings is 2. The number of nitrogens with zero attached hydrogens (tertiary/aromatic N) is 1. The predicted molar refractivity (Wildman–Crippen MR) is 100 cm³/mol.